The van der Waals surface area contributed by atoms with Crippen molar-refractivity contribution >= 4 is 38.2 Å². The molecule has 0 atom stereocenters. The van der Waals surface area contributed by atoms with Crippen LogP contribution in [-0.4, -0.2) is 11.5 Å². The Hall–Kier alpha value is -1.29. The van der Waals surface area contributed by atoms with Crippen molar-refractivity contribution in [3.63, 3.8) is 0 Å². The van der Waals surface area contributed by atoms with Gasteiger partial charge in [0, 0.05) is 28.3 Å². The van der Waals surface area contributed by atoms with Crippen LogP contribution in [0.2, 0.25) is 0 Å². The van der Waals surface area contributed by atoms with E-state index in [1.807, 2.05) is 24.4 Å². The number of nitrogen functional groups attached to an aromatic ring is 1. The Morgan fingerprint density at radius 3 is 2.85 bits per heavy atom. The molecule has 4 heteroatoms. The number of rotatable bonds is 3. The molecule has 2 aromatic rings. The number of aromatic nitrogens is 1. The highest BCUT2D eigenvalue weighted by Gasteiger charge is 2.14. The van der Waals surface area contributed by atoms with Crippen LogP contribution < -0.4 is 11.1 Å². The molecule has 3 nitrogen and oxygen atoms in total. The van der Waals surface area contributed by atoms with Crippen LogP contribution in [0.1, 0.15) is 32.1 Å². The molecule has 0 bridgehead atoms. The summed E-state index contributed by atoms with van der Waals surface area (Å²) in [5, 5.41) is 4.58. The standard InChI is InChI=1S/C16H20BrN3/c17-12-8-13-14(18)6-7-15(16(13)20-10-12)19-9-11-4-2-1-3-5-11/h6-8,10-11,19H,1-5,9,18H2. The van der Waals surface area contributed by atoms with E-state index in [4.69, 9.17) is 5.73 Å². The lowest BCUT2D eigenvalue weighted by Gasteiger charge is -2.22. The second-order valence-electron chi connectivity index (χ2n) is 5.64. The molecule has 1 saturated carbocycles. The number of nitrogens with two attached hydrogens (primary N) is 1. The number of anilines is 2. The summed E-state index contributed by atoms with van der Waals surface area (Å²) in [5.74, 6) is 0.798. The lowest BCUT2D eigenvalue weighted by Crippen LogP contribution is -2.17. The average molecular weight is 334 g/mol. The van der Waals surface area contributed by atoms with Crippen LogP contribution in [0.25, 0.3) is 10.9 Å². The van der Waals surface area contributed by atoms with Crippen LogP contribution in [-0.2, 0) is 0 Å². The normalized spacial score (nSPS) is 16.4. The third kappa shape index (κ3) is 2.90. The van der Waals surface area contributed by atoms with E-state index in [-0.39, 0.29) is 0 Å². The average Bonchev–Trinajstić information content (AvgIpc) is 2.48. The highest BCUT2D eigenvalue weighted by atomic mass is 79.9. The van der Waals surface area contributed by atoms with Crippen LogP contribution in [0.5, 0.6) is 0 Å². The second-order valence-corrected chi connectivity index (χ2v) is 6.55. The van der Waals surface area contributed by atoms with Gasteiger partial charge in [0.1, 0.15) is 0 Å². The smallest absolute Gasteiger partial charge is 0.0954 e. The molecule has 3 N–H and O–H groups in total. The van der Waals surface area contributed by atoms with Crippen molar-refractivity contribution in [2.24, 2.45) is 5.92 Å². The van der Waals surface area contributed by atoms with Crippen LogP contribution in [0.15, 0.2) is 28.9 Å². The molecule has 1 aliphatic rings. The maximum Gasteiger partial charge on any atom is 0.0954 e. The first-order valence-corrected chi connectivity index (χ1v) is 8.11. The van der Waals surface area contributed by atoms with E-state index < -0.39 is 0 Å². The van der Waals surface area contributed by atoms with E-state index in [2.05, 4.69) is 26.2 Å². The molecule has 106 valence electrons. The summed E-state index contributed by atoms with van der Waals surface area (Å²) in [7, 11) is 0. The van der Waals surface area contributed by atoms with Gasteiger partial charge in [-0.05, 0) is 52.9 Å². The molecule has 0 unspecified atom stereocenters. The van der Waals surface area contributed by atoms with Crippen molar-refractivity contribution < 1.29 is 0 Å². The fraction of sp³-hybridized carbons (Fsp3) is 0.438. The molecule has 3 rings (SSSR count). The molecule has 20 heavy (non-hydrogen) atoms. The van der Waals surface area contributed by atoms with Crippen molar-refractivity contribution in [1.29, 1.82) is 0 Å². The Balaban J connectivity index is 1.82. The van der Waals surface area contributed by atoms with Crippen LogP contribution in [0.3, 0.4) is 0 Å². The quantitative estimate of drug-likeness (QED) is 0.809. The highest BCUT2D eigenvalue weighted by Crippen LogP contribution is 2.30. The van der Waals surface area contributed by atoms with Gasteiger partial charge in [-0.2, -0.15) is 0 Å². The lowest BCUT2D eigenvalue weighted by molar-refractivity contribution is 0.373. The molecule has 1 fully saturated rings. The molecule has 1 aromatic carbocycles. The molecule has 0 spiro atoms. The van der Waals surface area contributed by atoms with Gasteiger partial charge in [0.25, 0.3) is 0 Å². The van der Waals surface area contributed by atoms with Gasteiger partial charge < -0.3 is 11.1 Å². The summed E-state index contributed by atoms with van der Waals surface area (Å²) in [6, 6.07) is 6.03. The Labute approximate surface area is 128 Å². The van der Waals surface area contributed by atoms with Crippen molar-refractivity contribution in [3.05, 3.63) is 28.9 Å². The Kier molecular flexibility index (Phi) is 4.10. The predicted molar refractivity (Wildman–Crippen MR) is 88.9 cm³/mol. The first kappa shape index (κ1) is 13.7. The molecular weight excluding hydrogens is 314 g/mol. The van der Waals surface area contributed by atoms with Gasteiger partial charge in [-0.25, -0.2) is 0 Å². The van der Waals surface area contributed by atoms with Crippen LogP contribution >= 0.6 is 15.9 Å². The number of nitrogens with zero attached hydrogens (tertiary/aromatic N) is 1. The third-order valence-corrected chi connectivity index (χ3v) is 4.59. The van der Waals surface area contributed by atoms with E-state index in [1.54, 1.807) is 0 Å². The maximum atomic E-state index is 6.04. The van der Waals surface area contributed by atoms with Gasteiger partial charge >= 0.3 is 0 Å². The fourth-order valence-corrected chi connectivity index (χ4v) is 3.34. The maximum absolute atomic E-state index is 6.04. The Bertz CT molecular complexity index is 606. The van der Waals surface area contributed by atoms with E-state index in [0.717, 1.165) is 39.2 Å². The van der Waals surface area contributed by atoms with Gasteiger partial charge in [0.2, 0.25) is 0 Å². The summed E-state index contributed by atoms with van der Waals surface area (Å²) < 4.78 is 0.959. The van der Waals surface area contributed by atoms with Crippen molar-refractivity contribution in [1.82, 2.24) is 4.98 Å². The number of pyridine rings is 1. The summed E-state index contributed by atoms with van der Waals surface area (Å²) in [5.41, 5.74) is 8.87. The van der Waals surface area contributed by atoms with Gasteiger partial charge in [0.05, 0.1) is 11.2 Å². The van der Waals surface area contributed by atoms with Gasteiger partial charge in [0.15, 0.2) is 0 Å². The largest absolute Gasteiger partial charge is 0.398 e. The zero-order chi connectivity index (χ0) is 13.9. The number of hydrogen-bond acceptors (Lipinski definition) is 3. The zero-order valence-electron chi connectivity index (χ0n) is 11.5. The molecule has 1 heterocycles. The minimum absolute atomic E-state index is 0.775. The predicted octanol–water partition coefficient (Wildman–Crippen LogP) is 4.57. The molecule has 0 saturated heterocycles. The summed E-state index contributed by atoms with van der Waals surface area (Å²) in [4.78, 5) is 4.52. The van der Waals surface area contributed by atoms with Gasteiger partial charge in [-0.15, -0.1) is 0 Å². The number of hydrogen-bond donors (Lipinski definition) is 2. The fourth-order valence-electron chi connectivity index (χ4n) is 3.00. The van der Waals surface area contributed by atoms with Crippen molar-refractivity contribution in [2.75, 3.05) is 17.6 Å². The number of halogens is 1. The van der Waals surface area contributed by atoms with Gasteiger partial charge in [-0.3, -0.25) is 4.98 Å². The number of fused-ring (bicyclic) bond motifs is 1. The SMILES string of the molecule is Nc1ccc(NCC2CCCCC2)c2ncc(Br)cc12. The minimum Gasteiger partial charge on any atom is -0.398 e. The van der Waals surface area contributed by atoms with Crippen LogP contribution in [0, 0.1) is 5.92 Å². The van der Waals surface area contributed by atoms with Gasteiger partial charge in [-0.1, -0.05) is 19.3 Å². The number of nitrogens with one attached hydrogen (secondary N) is 1. The molecule has 0 aliphatic heterocycles. The summed E-state index contributed by atoms with van der Waals surface area (Å²) in [6.07, 6.45) is 8.67. The third-order valence-electron chi connectivity index (χ3n) is 4.16. The van der Waals surface area contributed by atoms with E-state index >= 15 is 0 Å². The molecule has 1 aromatic heterocycles. The van der Waals surface area contributed by atoms with E-state index in [0.29, 0.717) is 0 Å². The first-order valence-electron chi connectivity index (χ1n) is 7.31. The zero-order valence-corrected chi connectivity index (χ0v) is 13.1. The Morgan fingerprint density at radius 1 is 1.25 bits per heavy atom. The van der Waals surface area contributed by atoms with Crippen molar-refractivity contribution in [3.8, 4) is 0 Å². The Morgan fingerprint density at radius 2 is 2.05 bits per heavy atom. The topological polar surface area (TPSA) is 50.9 Å². The first-order chi connectivity index (χ1) is 9.74. The molecular formula is C16H20BrN3. The summed E-state index contributed by atoms with van der Waals surface area (Å²) >= 11 is 3.45. The van der Waals surface area contributed by atoms with E-state index in [1.165, 1.54) is 32.1 Å². The van der Waals surface area contributed by atoms with E-state index in [9.17, 15) is 0 Å². The van der Waals surface area contributed by atoms with Crippen molar-refractivity contribution in [2.45, 2.75) is 32.1 Å². The second kappa shape index (κ2) is 6.00. The molecule has 1 aliphatic carbocycles. The molecule has 0 amide bonds. The minimum atomic E-state index is 0.775. The molecule has 0 radical (unpaired) electrons. The number of benzene rings is 1. The lowest BCUT2D eigenvalue weighted by atomic mass is 9.89. The highest BCUT2D eigenvalue weighted by molar-refractivity contribution is 9.10. The van der Waals surface area contributed by atoms with Crippen LogP contribution in [0.4, 0.5) is 11.4 Å². The monoisotopic (exact) mass is 333 g/mol. The summed E-state index contributed by atoms with van der Waals surface area (Å²) in [6.45, 7) is 1.04.